The topological polar surface area (TPSA) is 68.5 Å². The van der Waals surface area contributed by atoms with Gasteiger partial charge in [0.15, 0.2) is 6.10 Å². The van der Waals surface area contributed by atoms with Gasteiger partial charge in [-0.15, -0.1) is 0 Å². The number of hydrogen-bond donors (Lipinski definition) is 1. The highest BCUT2D eigenvalue weighted by molar-refractivity contribution is 5.82. The molecule has 1 amide bonds. The molecule has 3 aromatic rings. The number of fused-ring (bicyclic) bond motifs is 2. The highest BCUT2D eigenvalue weighted by Gasteiger charge is 2.24. The van der Waals surface area contributed by atoms with Crippen LogP contribution in [0.2, 0.25) is 0 Å². The van der Waals surface area contributed by atoms with Gasteiger partial charge in [0, 0.05) is 17.5 Å². The van der Waals surface area contributed by atoms with E-state index in [1.807, 2.05) is 12.1 Å². The van der Waals surface area contributed by atoms with Gasteiger partial charge in [-0.1, -0.05) is 24.3 Å². The molecular formula is C22H21NO4. The summed E-state index contributed by atoms with van der Waals surface area (Å²) in [6.45, 7) is 1.72. The van der Waals surface area contributed by atoms with Gasteiger partial charge >= 0.3 is 5.63 Å². The molecule has 2 aromatic carbocycles. The molecule has 1 aliphatic rings. The van der Waals surface area contributed by atoms with Gasteiger partial charge in [0.05, 0.1) is 6.04 Å². The van der Waals surface area contributed by atoms with E-state index < -0.39 is 11.7 Å². The molecule has 5 heteroatoms. The lowest BCUT2D eigenvalue weighted by Crippen LogP contribution is -2.39. The van der Waals surface area contributed by atoms with E-state index in [9.17, 15) is 9.59 Å². The zero-order chi connectivity index (χ0) is 18.8. The van der Waals surface area contributed by atoms with Crippen molar-refractivity contribution in [1.82, 2.24) is 5.32 Å². The smallest absolute Gasteiger partial charge is 0.336 e. The van der Waals surface area contributed by atoms with Crippen molar-refractivity contribution in [2.24, 2.45) is 0 Å². The second kappa shape index (κ2) is 7.27. The van der Waals surface area contributed by atoms with Gasteiger partial charge in [0.2, 0.25) is 0 Å². The van der Waals surface area contributed by atoms with E-state index in [2.05, 4.69) is 17.4 Å². The standard InChI is InChI=1S/C22H21NO4/c1-14(26-17-11-9-16-10-12-21(24)27-20(16)13-17)22(25)23-19-8-4-6-15-5-2-3-7-18(15)19/h2-3,5,7,9-14,19H,4,6,8H2,1H3,(H,23,25)/t14-,19-/m1/s1. The van der Waals surface area contributed by atoms with Crippen molar-refractivity contribution >= 4 is 16.9 Å². The Morgan fingerprint density at radius 1 is 1.19 bits per heavy atom. The summed E-state index contributed by atoms with van der Waals surface area (Å²) in [6.07, 6.45) is 2.38. The van der Waals surface area contributed by atoms with Crippen LogP contribution in [0.5, 0.6) is 5.75 Å². The van der Waals surface area contributed by atoms with Crippen molar-refractivity contribution in [3.05, 3.63) is 76.1 Å². The highest BCUT2D eigenvalue weighted by Crippen LogP contribution is 2.29. The fraction of sp³-hybridized carbons (Fsp3) is 0.273. The van der Waals surface area contributed by atoms with E-state index in [4.69, 9.17) is 9.15 Å². The van der Waals surface area contributed by atoms with Crippen LogP contribution in [0.3, 0.4) is 0 Å². The van der Waals surface area contributed by atoms with E-state index in [0.29, 0.717) is 11.3 Å². The molecule has 138 valence electrons. The van der Waals surface area contributed by atoms with Crippen molar-refractivity contribution in [3.63, 3.8) is 0 Å². The summed E-state index contributed by atoms with van der Waals surface area (Å²) < 4.78 is 10.9. The van der Waals surface area contributed by atoms with Crippen LogP contribution in [-0.2, 0) is 11.2 Å². The molecule has 0 saturated heterocycles. The number of carbonyl (C=O) groups is 1. The third kappa shape index (κ3) is 3.72. The third-order valence-corrected chi connectivity index (χ3v) is 4.96. The van der Waals surface area contributed by atoms with Gasteiger partial charge in [-0.3, -0.25) is 4.79 Å². The molecule has 0 spiro atoms. The van der Waals surface area contributed by atoms with Crippen molar-refractivity contribution in [2.45, 2.75) is 38.3 Å². The lowest BCUT2D eigenvalue weighted by atomic mass is 9.87. The first-order valence-corrected chi connectivity index (χ1v) is 9.19. The third-order valence-electron chi connectivity index (χ3n) is 4.96. The molecular weight excluding hydrogens is 342 g/mol. The summed E-state index contributed by atoms with van der Waals surface area (Å²) in [5, 5.41) is 3.91. The first kappa shape index (κ1) is 17.3. The summed E-state index contributed by atoms with van der Waals surface area (Å²) in [4.78, 5) is 24.0. The number of hydrogen-bond acceptors (Lipinski definition) is 4. The number of aryl methyl sites for hydroxylation is 1. The Labute approximate surface area is 157 Å². The second-order valence-electron chi connectivity index (χ2n) is 6.87. The predicted molar refractivity (Wildman–Crippen MR) is 103 cm³/mol. The summed E-state index contributed by atoms with van der Waals surface area (Å²) in [6, 6.07) is 16.5. The van der Waals surface area contributed by atoms with Crippen molar-refractivity contribution in [3.8, 4) is 5.75 Å². The molecule has 0 unspecified atom stereocenters. The number of benzene rings is 2. The van der Waals surface area contributed by atoms with Crippen LogP contribution in [0.15, 0.2) is 63.8 Å². The van der Waals surface area contributed by atoms with Gasteiger partial charge in [-0.2, -0.15) is 0 Å². The lowest BCUT2D eigenvalue weighted by molar-refractivity contribution is -0.128. The summed E-state index contributed by atoms with van der Waals surface area (Å²) >= 11 is 0. The zero-order valence-electron chi connectivity index (χ0n) is 15.1. The Kier molecular flexibility index (Phi) is 4.67. The molecule has 0 fully saturated rings. The van der Waals surface area contributed by atoms with Crippen molar-refractivity contribution in [2.75, 3.05) is 0 Å². The minimum absolute atomic E-state index is 0.0168. The fourth-order valence-corrected chi connectivity index (χ4v) is 3.56. The Bertz CT molecular complexity index is 1040. The largest absolute Gasteiger partial charge is 0.481 e. The highest BCUT2D eigenvalue weighted by atomic mass is 16.5. The van der Waals surface area contributed by atoms with Crippen LogP contribution in [-0.4, -0.2) is 12.0 Å². The Morgan fingerprint density at radius 3 is 2.89 bits per heavy atom. The average Bonchev–Trinajstić information content (AvgIpc) is 2.68. The lowest BCUT2D eigenvalue weighted by Gasteiger charge is -2.27. The van der Waals surface area contributed by atoms with Crippen molar-refractivity contribution in [1.29, 1.82) is 0 Å². The molecule has 27 heavy (non-hydrogen) atoms. The van der Waals surface area contributed by atoms with Gasteiger partial charge in [-0.25, -0.2) is 4.79 Å². The number of rotatable bonds is 4. The maximum Gasteiger partial charge on any atom is 0.336 e. The second-order valence-corrected chi connectivity index (χ2v) is 6.87. The van der Waals surface area contributed by atoms with Crippen LogP contribution in [0.4, 0.5) is 0 Å². The van der Waals surface area contributed by atoms with E-state index >= 15 is 0 Å². The van der Waals surface area contributed by atoms with Gasteiger partial charge in [0.1, 0.15) is 11.3 Å². The SMILES string of the molecule is C[C@@H](Oc1ccc2ccc(=O)oc2c1)C(=O)N[C@@H]1CCCc2ccccc21. The fourth-order valence-electron chi connectivity index (χ4n) is 3.56. The average molecular weight is 363 g/mol. The van der Waals surface area contributed by atoms with Crippen LogP contribution < -0.4 is 15.7 Å². The van der Waals surface area contributed by atoms with E-state index in [1.165, 1.54) is 17.2 Å². The maximum atomic E-state index is 12.6. The Morgan fingerprint density at radius 2 is 2.00 bits per heavy atom. The van der Waals surface area contributed by atoms with Crippen LogP contribution in [0.25, 0.3) is 11.0 Å². The number of amides is 1. The zero-order valence-corrected chi connectivity index (χ0v) is 15.1. The molecule has 0 bridgehead atoms. The molecule has 0 aliphatic heterocycles. The summed E-state index contributed by atoms with van der Waals surface area (Å²) in [7, 11) is 0. The number of ether oxygens (including phenoxy) is 1. The van der Waals surface area contributed by atoms with Gasteiger partial charge in [-0.05, 0) is 55.5 Å². The maximum absolute atomic E-state index is 12.6. The summed E-state index contributed by atoms with van der Waals surface area (Å²) in [5.41, 5.74) is 2.51. The molecule has 1 N–H and O–H groups in total. The molecule has 0 saturated carbocycles. The minimum Gasteiger partial charge on any atom is -0.481 e. The Hall–Kier alpha value is -3.08. The van der Waals surface area contributed by atoms with Crippen LogP contribution in [0, 0.1) is 0 Å². The molecule has 4 rings (SSSR count). The van der Waals surface area contributed by atoms with E-state index in [1.54, 1.807) is 31.2 Å². The van der Waals surface area contributed by atoms with Crippen LogP contribution >= 0.6 is 0 Å². The van der Waals surface area contributed by atoms with Crippen molar-refractivity contribution < 1.29 is 13.9 Å². The molecule has 1 aliphatic carbocycles. The van der Waals surface area contributed by atoms with E-state index in [0.717, 1.165) is 24.6 Å². The predicted octanol–water partition coefficient (Wildman–Crippen LogP) is 3.75. The number of nitrogens with one attached hydrogen (secondary N) is 1. The first-order valence-electron chi connectivity index (χ1n) is 9.19. The first-order chi connectivity index (χ1) is 13.1. The summed E-state index contributed by atoms with van der Waals surface area (Å²) in [5.74, 6) is 0.329. The van der Waals surface area contributed by atoms with E-state index in [-0.39, 0.29) is 11.9 Å². The Balaban J connectivity index is 1.46. The molecule has 1 aromatic heterocycles. The molecule has 0 radical (unpaired) electrons. The molecule has 5 nitrogen and oxygen atoms in total. The monoisotopic (exact) mass is 363 g/mol. The number of carbonyl (C=O) groups excluding carboxylic acids is 1. The van der Waals surface area contributed by atoms with Gasteiger partial charge < -0.3 is 14.5 Å². The quantitative estimate of drug-likeness (QED) is 0.717. The molecule has 1 heterocycles. The molecule has 2 atom stereocenters. The van der Waals surface area contributed by atoms with Gasteiger partial charge in [0.25, 0.3) is 5.91 Å². The van der Waals surface area contributed by atoms with Crippen LogP contribution in [0.1, 0.15) is 36.9 Å². The normalized spacial score (nSPS) is 17.1. The minimum atomic E-state index is -0.660.